The molecule has 0 saturated carbocycles. The molecule has 0 aliphatic carbocycles. The molecule has 1 spiro atoms. The topological polar surface area (TPSA) is 90.4 Å². The summed E-state index contributed by atoms with van der Waals surface area (Å²) < 4.78 is 6.72. The average Bonchev–Trinajstić information content (AvgIpc) is 3.46. The first kappa shape index (κ1) is 28.3. The zero-order valence-corrected chi connectivity index (χ0v) is 23.0. The van der Waals surface area contributed by atoms with Gasteiger partial charge in [0.05, 0.1) is 28.1 Å². The quantitative estimate of drug-likeness (QED) is 0.408. The van der Waals surface area contributed by atoms with E-state index in [0.717, 1.165) is 6.42 Å². The van der Waals surface area contributed by atoms with Crippen LogP contribution in [0, 0.1) is 11.8 Å². The second-order valence-electron chi connectivity index (χ2n) is 10.6. The smallest absolute Gasteiger partial charge is 0.253 e. The summed E-state index contributed by atoms with van der Waals surface area (Å²) in [4.78, 5) is 47.3. The number of carbonyl (C=O) groups is 3. The van der Waals surface area contributed by atoms with Crippen molar-refractivity contribution in [3.8, 4) is 0 Å². The van der Waals surface area contributed by atoms with Gasteiger partial charge in [0.15, 0.2) is 0 Å². The molecule has 2 unspecified atom stereocenters. The Morgan fingerprint density at radius 1 is 1.21 bits per heavy atom. The SMILES string of the molecule is C=CCN(CCC)C(=O)[C@@H]1[C@H]2C(=O)N(CCCO)C(C(=O)N(CC=C)c3ccccc3Cl)C23CC[C@@]1(C)O3. The van der Waals surface area contributed by atoms with Crippen LogP contribution in [0.3, 0.4) is 0 Å². The van der Waals surface area contributed by atoms with Crippen molar-refractivity contribution in [3.05, 3.63) is 54.6 Å². The Morgan fingerprint density at radius 2 is 1.92 bits per heavy atom. The van der Waals surface area contributed by atoms with Crippen LogP contribution in [0.1, 0.15) is 39.5 Å². The molecular weight excluding hydrogens is 506 g/mol. The van der Waals surface area contributed by atoms with E-state index in [-0.39, 0.29) is 37.4 Å². The number of halogens is 1. The third kappa shape index (κ3) is 4.46. The Labute approximate surface area is 229 Å². The van der Waals surface area contributed by atoms with Gasteiger partial charge in [0.25, 0.3) is 5.91 Å². The van der Waals surface area contributed by atoms with E-state index in [1.54, 1.807) is 41.3 Å². The summed E-state index contributed by atoms with van der Waals surface area (Å²) in [6, 6.07) is 6.09. The number of rotatable bonds is 12. The number of aliphatic hydroxyl groups excluding tert-OH is 1. The molecule has 8 nitrogen and oxygen atoms in total. The molecule has 3 fully saturated rings. The van der Waals surface area contributed by atoms with Crippen molar-refractivity contribution in [3.63, 3.8) is 0 Å². The van der Waals surface area contributed by atoms with Crippen molar-refractivity contribution < 1.29 is 24.2 Å². The lowest BCUT2D eigenvalue weighted by Gasteiger charge is -2.37. The predicted octanol–water partition coefficient (Wildman–Crippen LogP) is 3.43. The lowest BCUT2D eigenvalue weighted by Crippen LogP contribution is -2.56. The zero-order valence-electron chi connectivity index (χ0n) is 22.3. The Morgan fingerprint density at radius 3 is 2.55 bits per heavy atom. The number of carbonyl (C=O) groups excluding carboxylic acids is 3. The van der Waals surface area contributed by atoms with Crippen LogP contribution in [-0.2, 0) is 19.1 Å². The van der Waals surface area contributed by atoms with Crippen LogP contribution in [0.4, 0.5) is 5.69 Å². The summed E-state index contributed by atoms with van der Waals surface area (Å²) in [7, 11) is 0. The van der Waals surface area contributed by atoms with Crippen LogP contribution >= 0.6 is 11.6 Å². The maximum Gasteiger partial charge on any atom is 0.253 e. The van der Waals surface area contributed by atoms with Crippen LogP contribution in [0.25, 0.3) is 0 Å². The van der Waals surface area contributed by atoms with Gasteiger partial charge in [0.1, 0.15) is 11.6 Å². The fourth-order valence-corrected chi connectivity index (χ4v) is 6.97. The Balaban J connectivity index is 1.80. The van der Waals surface area contributed by atoms with Gasteiger partial charge in [0, 0.05) is 32.8 Å². The molecule has 1 N–H and O–H groups in total. The van der Waals surface area contributed by atoms with Crippen molar-refractivity contribution in [2.75, 3.05) is 37.7 Å². The summed E-state index contributed by atoms with van der Waals surface area (Å²) in [5.41, 5.74) is -1.49. The highest BCUT2D eigenvalue weighted by atomic mass is 35.5. The minimum atomic E-state index is -1.15. The van der Waals surface area contributed by atoms with Crippen molar-refractivity contribution in [1.82, 2.24) is 9.80 Å². The predicted molar refractivity (Wildman–Crippen MR) is 147 cm³/mol. The van der Waals surface area contributed by atoms with Gasteiger partial charge < -0.3 is 24.5 Å². The van der Waals surface area contributed by atoms with Crippen molar-refractivity contribution in [2.45, 2.75) is 56.8 Å². The van der Waals surface area contributed by atoms with Gasteiger partial charge in [-0.3, -0.25) is 14.4 Å². The van der Waals surface area contributed by atoms with Crippen molar-refractivity contribution in [2.24, 2.45) is 11.8 Å². The first-order valence-electron chi connectivity index (χ1n) is 13.4. The van der Waals surface area contributed by atoms with Gasteiger partial charge >= 0.3 is 0 Å². The van der Waals surface area contributed by atoms with Crippen molar-refractivity contribution >= 4 is 35.0 Å². The number of benzene rings is 1. The number of anilines is 1. The van der Waals surface area contributed by atoms with E-state index in [2.05, 4.69) is 13.2 Å². The number of amides is 3. The molecule has 2 bridgehead atoms. The van der Waals surface area contributed by atoms with E-state index < -0.39 is 29.1 Å². The Hall–Kier alpha value is -2.68. The van der Waals surface area contributed by atoms with Crippen LogP contribution in [-0.4, -0.2) is 82.7 Å². The van der Waals surface area contributed by atoms with E-state index in [0.29, 0.717) is 43.1 Å². The molecule has 3 amide bonds. The largest absolute Gasteiger partial charge is 0.396 e. The summed E-state index contributed by atoms with van der Waals surface area (Å²) in [5, 5.41) is 9.99. The molecule has 1 aromatic rings. The van der Waals surface area contributed by atoms with E-state index in [4.69, 9.17) is 16.3 Å². The van der Waals surface area contributed by atoms with Crippen LogP contribution < -0.4 is 4.90 Å². The molecule has 206 valence electrons. The summed E-state index contributed by atoms with van der Waals surface area (Å²) >= 11 is 6.49. The Kier molecular flexibility index (Phi) is 8.35. The second-order valence-corrected chi connectivity index (χ2v) is 11.0. The van der Waals surface area contributed by atoms with Gasteiger partial charge in [-0.05, 0) is 44.7 Å². The lowest BCUT2D eigenvalue weighted by atomic mass is 9.66. The van der Waals surface area contributed by atoms with Gasteiger partial charge in [-0.2, -0.15) is 0 Å². The molecule has 38 heavy (non-hydrogen) atoms. The molecule has 3 aliphatic rings. The lowest BCUT2D eigenvalue weighted by molar-refractivity contribution is -0.149. The van der Waals surface area contributed by atoms with Gasteiger partial charge in [-0.25, -0.2) is 0 Å². The number of hydrogen-bond donors (Lipinski definition) is 1. The first-order chi connectivity index (χ1) is 18.2. The molecule has 1 aromatic carbocycles. The third-order valence-electron chi connectivity index (χ3n) is 8.21. The molecule has 3 aliphatic heterocycles. The minimum absolute atomic E-state index is 0.131. The number of hydrogen-bond acceptors (Lipinski definition) is 5. The number of para-hydroxylation sites is 1. The molecule has 4 rings (SSSR count). The monoisotopic (exact) mass is 543 g/mol. The van der Waals surface area contributed by atoms with Crippen LogP contribution in [0.2, 0.25) is 5.02 Å². The number of ether oxygens (including phenoxy) is 1. The maximum absolute atomic E-state index is 14.4. The van der Waals surface area contributed by atoms with E-state index in [9.17, 15) is 19.5 Å². The highest BCUT2D eigenvalue weighted by Gasteiger charge is 2.78. The van der Waals surface area contributed by atoms with E-state index >= 15 is 0 Å². The number of aliphatic hydroxyl groups is 1. The second kappa shape index (κ2) is 11.2. The molecule has 9 heteroatoms. The fraction of sp³-hybridized carbons (Fsp3) is 0.552. The normalized spacial score (nSPS) is 29.3. The molecule has 3 heterocycles. The number of likely N-dealkylation sites (tertiary alicyclic amines) is 1. The molecule has 0 aromatic heterocycles. The van der Waals surface area contributed by atoms with Gasteiger partial charge in [-0.15, -0.1) is 13.2 Å². The highest BCUT2D eigenvalue weighted by Crippen LogP contribution is 2.63. The minimum Gasteiger partial charge on any atom is -0.396 e. The molecule has 3 saturated heterocycles. The summed E-state index contributed by atoms with van der Waals surface area (Å²) in [6.07, 6.45) is 5.42. The highest BCUT2D eigenvalue weighted by molar-refractivity contribution is 6.34. The summed E-state index contributed by atoms with van der Waals surface area (Å²) in [5.74, 6) is -2.24. The Bertz CT molecular complexity index is 1110. The van der Waals surface area contributed by atoms with Crippen molar-refractivity contribution in [1.29, 1.82) is 0 Å². The first-order valence-corrected chi connectivity index (χ1v) is 13.8. The maximum atomic E-state index is 14.4. The fourth-order valence-electron chi connectivity index (χ4n) is 6.73. The molecule has 0 radical (unpaired) electrons. The van der Waals surface area contributed by atoms with Gasteiger partial charge in [0.2, 0.25) is 11.8 Å². The van der Waals surface area contributed by atoms with Crippen LogP contribution in [0.15, 0.2) is 49.6 Å². The van der Waals surface area contributed by atoms with E-state index in [1.165, 1.54) is 9.80 Å². The molecule has 5 atom stereocenters. The summed E-state index contributed by atoms with van der Waals surface area (Å²) in [6.45, 7) is 12.7. The third-order valence-corrected chi connectivity index (χ3v) is 8.53. The zero-order chi connectivity index (χ0) is 27.7. The standard InChI is InChI=1S/C29H38ClN3O5/c1-5-15-31(16-6-2)25(35)22-23-26(36)33(18-10-19-34)24(29(23)14-13-28(22,4)38-29)27(37)32(17-7-3)21-12-9-8-11-20(21)30/h5,7-9,11-12,22-24,34H,1,3,6,10,13-19H2,2,4H3/t22-,23-,24?,28+,29?/m0/s1. The van der Waals surface area contributed by atoms with Crippen LogP contribution in [0.5, 0.6) is 0 Å². The number of nitrogens with zero attached hydrogens (tertiary/aromatic N) is 3. The molecular formula is C29H38ClN3O5. The average molecular weight is 544 g/mol. The van der Waals surface area contributed by atoms with Gasteiger partial charge in [-0.1, -0.05) is 42.8 Å². The van der Waals surface area contributed by atoms with E-state index in [1.807, 2.05) is 13.8 Å². The number of fused-ring (bicyclic) bond motifs is 1.